The van der Waals surface area contributed by atoms with Crippen molar-refractivity contribution in [1.29, 1.82) is 0 Å². The van der Waals surface area contributed by atoms with E-state index in [0.29, 0.717) is 17.7 Å². The molecule has 5 nitrogen and oxygen atoms in total. The topological polar surface area (TPSA) is 79.3 Å². The van der Waals surface area contributed by atoms with Crippen LogP contribution in [0.1, 0.15) is 33.5 Å². The number of hydrogen-bond acceptors (Lipinski definition) is 4. The van der Waals surface area contributed by atoms with Gasteiger partial charge in [0.15, 0.2) is 0 Å². The van der Waals surface area contributed by atoms with E-state index >= 15 is 0 Å². The number of thioether (sulfide) groups is 1. The third-order valence-electron chi connectivity index (χ3n) is 6.58. The molecule has 39 heavy (non-hydrogen) atoms. The number of carbonyl (C=O) groups excluding carboxylic acids is 1. The molecule has 0 saturated carbocycles. The number of carboxylic acids is 1. The van der Waals surface area contributed by atoms with Gasteiger partial charge in [-0.3, -0.25) is 9.78 Å². The van der Waals surface area contributed by atoms with E-state index in [9.17, 15) is 14.7 Å². The minimum atomic E-state index is -1.02. The summed E-state index contributed by atoms with van der Waals surface area (Å²) < 4.78 is 0. The average molecular weight is 533 g/mol. The summed E-state index contributed by atoms with van der Waals surface area (Å²) in [5, 5.41) is 12.3. The molecule has 0 radical (unpaired) electrons. The van der Waals surface area contributed by atoms with Gasteiger partial charge >= 0.3 is 24.8 Å². The van der Waals surface area contributed by atoms with Crippen LogP contribution in [-0.4, -0.2) is 58.9 Å². The quantitative estimate of drug-likeness (QED) is 0.239. The first-order valence-corrected chi connectivity index (χ1v) is 14.1. The first kappa shape index (κ1) is 30.2. The minimum absolute atomic E-state index is 0. The standard InChI is InChI=1S/C32H32N2O3S.Li.H/c1-22-8-6-7-11-27(22)29-19-23(14-15-28(29)31(35)34-30(32(36)37)16-17-38-2)12-13-24-18-26(21-33-20-24)25-9-4-3-5-10-25;;/h3-11,14-15,18-21,30H,12-13,16-17H2,1-2H3,(H,34,35)(H,36,37);;. The van der Waals surface area contributed by atoms with Gasteiger partial charge in [0, 0.05) is 23.5 Å². The fourth-order valence-corrected chi connectivity index (χ4v) is 4.94. The molecule has 1 unspecified atom stereocenters. The Balaban J connectivity index is 0.00000420. The van der Waals surface area contributed by atoms with Crippen LogP contribution in [0.4, 0.5) is 0 Å². The van der Waals surface area contributed by atoms with Crippen LogP contribution in [0.3, 0.4) is 0 Å². The number of hydrogen-bond donors (Lipinski definition) is 2. The van der Waals surface area contributed by atoms with Gasteiger partial charge in [-0.25, -0.2) is 4.79 Å². The summed E-state index contributed by atoms with van der Waals surface area (Å²) in [6, 6.07) is 25.2. The zero-order chi connectivity index (χ0) is 26.9. The molecule has 4 rings (SSSR count). The molecule has 0 spiro atoms. The monoisotopic (exact) mass is 532 g/mol. The molecule has 0 aliphatic rings. The third kappa shape index (κ3) is 8.09. The number of pyridine rings is 1. The SMILES string of the molecule is CSCCC(NC(=O)c1ccc(CCc2cncc(-c3ccccc3)c2)cc1-c1ccccc1C)C(=O)O.[LiH]. The number of benzene rings is 3. The number of carboxylic acid groups (broad SMARTS) is 1. The van der Waals surface area contributed by atoms with Gasteiger partial charge in [0.1, 0.15) is 6.04 Å². The molecule has 2 N–H and O–H groups in total. The van der Waals surface area contributed by atoms with Crippen LogP contribution in [0.15, 0.2) is 91.3 Å². The Morgan fingerprint density at radius 1 is 0.872 bits per heavy atom. The summed E-state index contributed by atoms with van der Waals surface area (Å²) in [6.07, 6.45) is 7.66. The average Bonchev–Trinajstić information content (AvgIpc) is 2.94. The van der Waals surface area contributed by atoms with Gasteiger partial charge < -0.3 is 10.4 Å². The van der Waals surface area contributed by atoms with Gasteiger partial charge in [0.05, 0.1) is 0 Å². The predicted octanol–water partition coefficient (Wildman–Crippen LogP) is 5.80. The zero-order valence-corrected chi connectivity index (χ0v) is 22.5. The van der Waals surface area contributed by atoms with Crippen LogP contribution in [0.5, 0.6) is 0 Å². The molecule has 7 heteroatoms. The molecular weight excluding hydrogens is 499 g/mol. The predicted molar refractivity (Wildman–Crippen MR) is 163 cm³/mol. The molecular formula is C32H33LiN2O3S. The fourth-order valence-electron chi connectivity index (χ4n) is 4.47. The number of aromatic nitrogens is 1. The first-order valence-electron chi connectivity index (χ1n) is 12.7. The van der Waals surface area contributed by atoms with E-state index in [2.05, 4.69) is 34.6 Å². The number of amides is 1. The summed E-state index contributed by atoms with van der Waals surface area (Å²) in [5.74, 6) is -0.739. The third-order valence-corrected chi connectivity index (χ3v) is 7.23. The van der Waals surface area contributed by atoms with Crippen molar-refractivity contribution in [1.82, 2.24) is 10.3 Å². The molecule has 4 aromatic rings. The molecule has 0 aliphatic carbocycles. The Morgan fingerprint density at radius 3 is 2.31 bits per heavy atom. The number of rotatable bonds is 11. The van der Waals surface area contributed by atoms with Crippen molar-refractivity contribution in [3.8, 4) is 22.3 Å². The van der Waals surface area contributed by atoms with Gasteiger partial charge in [0.2, 0.25) is 0 Å². The Morgan fingerprint density at radius 2 is 1.59 bits per heavy atom. The van der Waals surface area contributed by atoms with Gasteiger partial charge in [-0.15, -0.1) is 0 Å². The van der Waals surface area contributed by atoms with Gasteiger partial charge in [-0.05, 0) is 83.7 Å². The second kappa shape index (κ2) is 14.7. The summed E-state index contributed by atoms with van der Waals surface area (Å²) >= 11 is 1.56. The van der Waals surface area contributed by atoms with Crippen molar-refractivity contribution in [2.24, 2.45) is 0 Å². The van der Waals surface area contributed by atoms with Crippen molar-refractivity contribution >= 4 is 42.5 Å². The number of aliphatic carboxylic acids is 1. The van der Waals surface area contributed by atoms with Crippen molar-refractivity contribution in [3.05, 3.63) is 114 Å². The summed E-state index contributed by atoms with van der Waals surface area (Å²) in [5.41, 5.74) is 7.76. The Labute approximate surface area is 246 Å². The molecule has 0 aliphatic heterocycles. The fraction of sp³-hybridized carbons (Fsp3) is 0.219. The molecule has 1 aromatic heterocycles. The van der Waals surface area contributed by atoms with Crippen LogP contribution in [0.2, 0.25) is 0 Å². The van der Waals surface area contributed by atoms with Crippen molar-refractivity contribution in [3.63, 3.8) is 0 Å². The van der Waals surface area contributed by atoms with Crippen molar-refractivity contribution < 1.29 is 14.7 Å². The second-order valence-electron chi connectivity index (χ2n) is 9.29. The molecule has 1 amide bonds. The summed E-state index contributed by atoms with van der Waals surface area (Å²) in [6.45, 7) is 2.02. The van der Waals surface area contributed by atoms with Crippen LogP contribution >= 0.6 is 11.8 Å². The normalized spacial score (nSPS) is 11.3. The molecule has 1 atom stereocenters. The van der Waals surface area contributed by atoms with E-state index in [1.807, 2.05) is 80.2 Å². The van der Waals surface area contributed by atoms with Crippen LogP contribution in [0.25, 0.3) is 22.3 Å². The number of nitrogens with one attached hydrogen (secondary N) is 1. The van der Waals surface area contributed by atoms with E-state index in [4.69, 9.17) is 0 Å². The van der Waals surface area contributed by atoms with E-state index < -0.39 is 12.0 Å². The van der Waals surface area contributed by atoms with E-state index in [-0.39, 0.29) is 24.8 Å². The van der Waals surface area contributed by atoms with Crippen LogP contribution < -0.4 is 5.32 Å². The molecule has 1 heterocycles. The number of nitrogens with zero attached hydrogens (tertiary/aromatic N) is 1. The van der Waals surface area contributed by atoms with Gasteiger partial charge in [-0.1, -0.05) is 66.7 Å². The summed E-state index contributed by atoms with van der Waals surface area (Å²) in [4.78, 5) is 29.5. The van der Waals surface area contributed by atoms with Crippen molar-refractivity contribution in [2.75, 3.05) is 12.0 Å². The maximum absolute atomic E-state index is 13.3. The van der Waals surface area contributed by atoms with E-state index in [1.54, 1.807) is 11.8 Å². The molecule has 0 saturated heterocycles. The van der Waals surface area contributed by atoms with Crippen LogP contribution in [-0.2, 0) is 17.6 Å². The second-order valence-corrected chi connectivity index (χ2v) is 10.3. The van der Waals surface area contributed by atoms with E-state index in [0.717, 1.165) is 51.8 Å². The van der Waals surface area contributed by atoms with Gasteiger partial charge in [0.25, 0.3) is 5.91 Å². The molecule has 0 fully saturated rings. The molecule has 3 aromatic carbocycles. The maximum atomic E-state index is 13.3. The van der Waals surface area contributed by atoms with Crippen molar-refractivity contribution in [2.45, 2.75) is 32.2 Å². The first-order chi connectivity index (χ1) is 18.5. The number of carbonyl (C=O) groups is 2. The van der Waals surface area contributed by atoms with Gasteiger partial charge in [-0.2, -0.15) is 11.8 Å². The Hall–Kier alpha value is -3.30. The Bertz CT molecular complexity index is 1410. The Kier molecular flexibility index (Phi) is 11.4. The molecule has 0 bridgehead atoms. The number of aryl methyl sites for hydroxylation is 3. The molecule has 196 valence electrons. The van der Waals surface area contributed by atoms with Crippen LogP contribution in [0, 0.1) is 6.92 Å². The van der Waals surface area contributed by atoms with E-state index in [1.165, 1.54) is 0 Å². The summed E-state index contributed by atoms with van der Waals surface area (Å²) in [7, 11) is 0. The zero-order valence-electron chi connectivity index (χ0n) is 21.7.